The average Bonchev–Trinajstić information content (AvgIpc) is 2.47. The zero-order valence-electron chi connectivity index (χ0n) is 12.2. The zero-order valence-corrected chi connectivity index (χ0v) is 14.5. The molecule has 1 unspecified atom stereocenters. The smallest absolute Gasteiger partial charge is 0.133 e. The Morgan fingerprint density at radius 3 is 2.67 bits per heavy atom. The summed E-state index contributed by atoms with van der Waals surface area (Å²) in [6.45, 7) is 3.02. The molecule has 1 N–H and O–H groups in total. The van der Waals surface area contributed by atoms with Gasteiger partial charge in [-0.3, -0.25) is 0 Å². The van der Waals surface area contributed by atoms with Crippen molar-refractivity contribution in [1.29, 1.82) is 0 Å². The molecule has 1 atom stereocenters. The Balaban J connectivity index is 2.22. The molecule has 112 valence electrons. The molecule has 21 heavy (non-hydrogen) atoms. The van der Waals surface area contributed by atoms with Crippen molar-refractivity contribution < 1.29 is 4.74 Å². The van der Waals surface area contributed by atoms with Crippen molar-refractivity contribution in [1.82, 2.24) is 5.32 Å². The number of ether oxygens (including phenoxy) is 1. The Kier molecular flexibility index (Phi) is 6.09. The maximum atomic E-state index is 6.11. The van der Waals surface area contributed by atoms with Crippen LogP contribution in [0, 0.1) is 0 Å². The van der Waals surface area contributed by atoms with Crippen LogP contribution < -0.4 is 10.1 Å². The van der Waals surface area contributed by atoms with Crippen molar-refractivity contribution in [3.8, 4) is 5.75 Å². The van der Waals surface area contributed by atoms with Crippen molar-refractivity contribution in [3.63, 3.8) is 0 Å². The Morgan fingerprint density at radius 1 is 1.24 bits per heavy atom. The van der Waals surface area contributed by atoms with Gasteiger partial charge in [-0.05, 0) is 64.3 Å². The largest absolute Gasteiger partial charge is 0.496 e. The minimum absolute atomic E-state index is 0.244. The van der Waals surface area contributed by atoms with E-state index in [1.165, 1.54) is 11.1 Å². The molecular weight excluding hydrogens is 350 g/mol. The van der Waals surface area contributed by atoms with Gasteiger partial charge in [0.05, 0.1) is 11.6 Å². The quantitative estimate of drug-likeness (QED) is 0.774. The molecule has 0 aliphatic rings. The van der Waals surface area contributed by atoms with E-state index in [-0.39, 0.29) is 6.04 Å². The van der Waals surface area contributed by atoms with Gasteiger partial charge in [0.15, 0.2) is 0 Å². The Bertz CT molecular complexity index is 603. The lowest BCUT2D eigenvalue weighted by Crippen LogP contribution is -2.22. The highest BCUT2D eigenvalue weighted by Crippen LogP contribution is 2.28. The topological polar surface area (TPSA) is 21.3 Å². The van der Waals surface area contributed by atoms with E-state index in [4.69, 9.17) is 16.3 Å². The standard InChI is InChI=1S/C17H19BrClNO/c1-3-20-16(13-5-4-6-14(19)11-13)10-12-7-8-17(21-2)15(18)9-12/h4-9,11,16,20H,3,10H2,1-2H3. The van der Waals surface area contributed by atoms with Crippen molar-refractivity contribution in [2.75, 3.05) is 13.7 Å². The monoisotopic (exact) mass is 367 g/mol. The van der Waals surface area contributed by atoms with E-state index in [9.17, 15) is 0 Å². The number of halogens is 2. The fourth-order valence-electron chi connectivity index (χ4n) is 2.35. The van der Waals surface area contributed by atoms with Crippen molar-refractivity contribution in [2.45, 2.75) is 19.4 Å². The molecule has 0 radical (unpaired) electrons. The Labute approximate surface area is 139 Å². The van der Waals surface area contributed by atoms with Gasteiger partial charge in [0.1, 0.15) is 5.75 Å². The van der Waals surface area contributed by atoms with Crippen LogP contribution in [0.1, 0.15) is 24.1 Å². The summed E-state index contributed by atoms with van der Waals surface area (Å²) in [6, 6.07) is 14.5. The second-order valence-electron chi connectivity index (χ2n) is 4.84. The molecule has 0 fully saturated rings. The van der Waals surface area contributed by atoms with Gasteiger partial charge in [-0.1, -0.05) is 36.7 Å². The summed E-state index contributed by atoms with van der Waals surface area (Å²) in [5.74, 6) is 0.849. The minimum atomic E-state index is 0.244. The lowest BCUT2D eigenvalue weighted by molar-refractivity contribution is 0.412. The third kappa shape index (κ3) is 4.47. The molecule has 0 saturated carbocycles. The molecule has 0 aliphatic heterocycles. The predicted molar refractivity (Wildman–Crippen MR) is 92.3 cm³/mol. The van der Waals surface area contributed by atoms with E-state index < -0.39 is 0 Å². The maximum absolute atomic E-state index is 6.11. The Hall–Kier alpha value is -1.03. The van der Waals surface area contributed by atoms with Crippen LogP contribution in [0.15, 0.2) is 46.9 Å². The fourth-order valence-corrected chi connectivity index (χ4v) is 3.14. The molecule has 2 aromatic carbocycles. The molecule has 2 nitrogen and oxygen atoms in total. The highest BCUT2D eigenvalue weighted by Gasteiger charge is 2.12. The third-order valence-electron chi connectivity index (χ3n) is 3.36. The number of hydrogen-bond donors (Lipinski definition) is 1. The van der Waals surface area contributed by atoms with E-state index in [1.54, 1.807) is 7.11 Å². The van der Waals surface area contributed by atoms with Crippen LogP contribution >= 0.6 is 27.5 Å². The van der Waals surface area contributed by atoms with Gasteiger partial charge in [-0.2, -0.15) is 0 Å². The lowest BCUT2D eigenvalue weighted by atomic mass is 9.99. The number of nitrogens with one attached hydrogen (secondary N) is 1. The van der Waals surface area contributed by atoms with E-state index in [0.29, 0.717) is 0 Å². The van der Waals surface area contributed by atoms with Crippen molar-refractivity contribution >= 4 is 27.5 Å². The molecule has 2 aromatic rings. The molecular formula is C17H19BrClNO. The summed E-state index contributed by atoms with van der Waals surface area (Å²) in [7, 11) is 1.67. The van der Waals surface area contributed by atoms with Crippen LogP contribution in [-0.4, -0.2) is 13.7 Å². The zero-order chi connectivity index (χ0) is 15.2. The van der Waals surface area contributed by atoms with Gasteiger partial charge in [-0.25, -0.2) is 0 Å². The summed E-state index contributed by atoms with van der Waals surface area (Å²) in [5, 5.41) is 4.29. The average molecular weight is 369 g/mol. The molecule has 0 spiro atoms. The number of rotatable bonds is 6. The number of hydrogen-bond acceptors (Lipinski definition) is 2. The van der Waals surface area contributed by atoms with E-state index in [1.807, 2.05) is 24.3 Å². The van der Waals surface area contributed by atoms with Gasteiger partial charge in [-0.15, -0.1) is 0 Å². The summed E-state index contributed by atoms with van der Waals surface area (Å²) in [4.78, 5) is 0. The predicted octanol–water partition coefficient (Wildman–Crippen LogP) is 5.00. The molecule has 2 rings (SSSR count). The first-order valence-electron chi connectivity index (χ1n) is 6.95. The lowest BCUT2D eigenvalue weighted by Gasteiger charge is -2.19. The van der Waals surface area contributed by atoms with Gasteiger partial charge in [0, 0.05) is 11.1 Å². The maximum Gasteiger partial charge on any atom is 0.133 e. The van der Waals surface area contributed by atoms with Crippen LogP contribution in [0.4, 0.5) is 0 Å². The number of likely N-dealkylation sites (N-methyl/N-ethyl adjacent to an activating group) is 1. The SMILES string of the molecule is CCNC(Cc1ccc(OC)c(Br)c1)c1cccc(Cl)c1. The van der Waals surface area contributed by atoms with E-state index >= 15 is 0 Å². The number of benzene rings is 2. The summed E-state index contributed by atoms with van der Waals surface area (Å²) in [5.41, 5.74) is 2.45. The first-order chi connectivity index (χ1) is 10.1. The van der Waals surface area contributed by atoms with Crippen molar-refractivity contribution in [3.05, 3.63) is 63.1 Å². The normalized spacial score (nSPS) is 12.2. The van der Waals surface area contributed by atoms with Crippen LogP contribution in [-0.2, 0) is 6.42 Å². The third-order valence-corrected chi connectivity index (χ3v) is 4.21. The number of methoxy groups -OCH3 is 1. The second kappa shape index (κ2) is 7.83. The van der Waals surface area contributed by atoms with Crippen LogP contribution in [0.2, 0.25) is 5.02 Å². The molecule has 0 aliphatic carbocycles. The summed E-state index contributed by atoms with van der Waals surface area (Å²) >= 11 is 9.64. The fraction of sp³-hybridized carbons (Fsp3) is 0.294. The molecule has 4 heteroatoms. The van der Waals surface area contributed by atoms with E-state index in [2.05, 4.69) is 46.4 Å². The van der Waals surface area contributed by atoms with Crippen LogP contribution in [0.25, 0.3) is 0 Å². The first kappa shape index (κ1) is 16.3. The highest BCUT2D eigenvalue weighted by atomic mass is 79.9. The second-order valence-corrected chi connectivity index (χ2v) is 6.13. The summed E-state index contributed by atoms with van der Waals surface area (Å²) in [6.07, 6.45) is 0.900. The van der Waals surface area contributed by atoms with Gasteiger partial charge in [0.25, 0.3) is 0 Å². The van der Waals surface area contributed by atoms with Crippen LogP contribution in [0.3, 0.4) is 0 Å². The molecule has 0 saturated heterocycles. The molecule has 0 bridgehead atoms. The van der Waals surface area contributed by atoms with Gasteiger partial charge in [0.2, 0.25) is 0 Å². The van der Waals surface area contributed by atoms with Crippen LogP contribution in [0.5, 0.6) is 5.75 Å². The van der Waals surface area contributed by atoms with E-state index in [0.717, 1.165) is 28.2 Å². The first-order valence-corrected chi connectivity index (χ1v) is 8.12. The molecule has 0 aromatic heterocycles. The minimum Gasteiger partial charge on any atom is -0.496 e. The highest BCUT2D eigenvalue weighted by molar-refractivity contribution is 9.10. The van der Waals surface area contributed by atoms with Gasteiger partial charge < -0.3 is 10.1 Å². The summed E-state index contributed by atoms with van der Waals surface area (Å²) < 4.78 is 6.25. The molecule has 0 heterocycles. The Morgan fingerprint density at radius 2 is 2.05 bits per heavy atom. The van der Waals surface area contributed by atoms with Crippen molar-refractivity contribution in [2.24, 2.45) is 0 Å². The molecule has 0 amide bonds. The van der Waals surface area contributed by atoms with Gasteiger partial charge >= 0.3 is 0 Å².